The summed E-state index contributed by atoms with van der Waals surface area (Å²) >= 11 is 0. The molecule has 1 aliphatic rings. The second-order valence-electron chi connectivity index (χ2n) is 7.55. The van der Waals surface area contributed by atoms with Gasteiger partial charge in [0.2, 0.25) is 0 Å². The number of hydrogen-bond donors (Lipinski definition) is 1. The zero-order chi connectivity index (χ0) is 19.9. The molecule has 0 saturated carbocycles. The van der Waals surface area contributed by atoms with E-state index in [2.05, 4.69) is 0 Å². The maximum atomic E-state index is 14.4. The van der Waals surface area contributed by atoms with Crippen molar-refractivity contribution >= 4 is 5.97 Å². The number of carbonyl (C=O) groups excluding carboxylic acids is 1. The van der Waals surface area contributed by atoms with E-state index < -0.39 is 11.6 Å². The third-order valence-electron chi connectivity index (χ3n) is 5.34. The molecule has 1 atom stereocenters. The zero-order valence-electron chi connectivity index (χ0n) is 16.4. The van der Waals surface area contributed by atoms with Gasteiger partial charge < -0.3 is 14.6 Å². The molecule has 144 valence electrons. The van der Waals surface area contributed by atoms with E-state index >= 15 is 0 Å². The van der Waals surface area contributed by atoms with Gasteiger partial charge in [-0.05, 0) is 60.6 Å². The molecule has 4 nitrogen and oxygen atoms in total. The predicted molar refractivity (Wildman–Crippen MR) is 102 cm³/mol. The summed E-state index contributed by atoms with van der Waals surface area (Å²) in [5.41, 5.74) is 2.87. The quantitative estimate of drug-likeness (QED) is 0.799. The molecule has 0 saturated heterocycles. The van der Waals surface area contributed by atoms with Gasteiger partial charge in [-0.1, -0.05) is 13.8 Å². The average Bonchev–Trinajstić information content (AvgIpc) is 2.93. The van der Waals surface area contributed by atoms with Crippen LogP contribution in [0.25, 0.3) is 11.1 Å². The lowest BCUT2D eigenvalue weighted by molar-refractivity contribution is 0.0580. The van der Waals surface area contributed by atoms with Crippen LogP contribution in [-0.2, 0) is 16.8 Å². The Hall–Kier alpha value is -2.40. The lowest BCUT2D eigenvalue weighted by Crippen LogP contribution is -2.17. The second-order valence-corrected chi connectivity index (χ2v) is 7.55. The van der Waals surface area contributed by atoms with Crippen LogP contribution in [0.2, 0.25) is 0 Å². The van der Waals surface area contributed by atoms with E-state index in [0.717, 1.165) is 11.1 Å². The van der Waals surface area contributed by atoms with Gasteiger partial charge in [0.1, 0.15) is 11.6 Å². The van der Waals surface area contributed by atoms with Gasteiger partial charge in [0.05, 0.1) is 25.4 Å². The predicted octanol–water partition coefficient (Wildman–Crippen LogP) is 4.57. The van der Waals surface area contributed by atoms with Crippen LogP contribution in [0, 0.1) is 5.82 Å². The minimum absolute atomic E-state index is 0.0219. The third-order valence-corrected chi connectivity index (χ3v) is 5.34. The number of hydrogen-bond acceptors (Lipinski definition) is 4. The summed E-state index contributed by atoms with van der Waals surface area (Å²) in [7, 11) is 2.79. The van der Waals surface area contributed by atoms with Gasteiger partial charge in [0.15, 0.2) is 0 Å². The fourth-order valence-electron chi connectivity index (χ4n) is 3.76. The topological polar surface area (TPSA) is 55.8 Å². The van der Waals surface area contributed by atoms with Crippen LogP contribution in [0.15, 0.2) is 24.3 Å². The van der Waals surface area contributed by atoms with Crippen molar-refractivity contribution in [1.82, 2.24) is 0 Å². The first kappa shape index (κ1) is 19.4. The zero-order valence-corrected chi connectivity index (χ0v) is 16.4. The largest absolute Gasteiger partial charge is 0.496 e. The van der Waals surface area contributed by atoms with E-state index in [0.29, 0.717) is 40.8 Å². The van der Waals surface area contributed by atoms with E-state index in [-0.39, 0.29) is 11.7 Å². The molecule has 3 rings (SSSR count). The second kappa shape index (κ2) is 6.97. The van der Waals surface area contributed by atoms with Crippen LogP contribution >= 0.6 is 0 Å². The fourth-order valence-corrected chi connectivity index (χ4v) is 3.76. The molecule has 27 heavy (non-hydrogen) atoms. The average molecular weight is 372 g/mol. The molecule has 0 spiro atoms. The smallest absolute Gasteiger partial charge is 0.338 e. The van der Waals surface area contributed by atoms with E-state index in [1.807, 2.05) is 19.9 Å². The molecular weight excluding hydrogens is 347 g/mol. The van der Waals surface area contributed by atoms with Gasteiger partial charge in [-0.25, -0.2) is 9.18 Å². The molecule has 1 aliphatic carbocycles. The van der Waals surface area contributed by atoms with Crippen molar-refractivity contribution in [3.8, 4) is 16.9 Å². The first-order chi connectivity index (χ1) is 12.7. The van der Waals surface area contributed by atoms with Gasteiger partial charge in [-0.15, -0.1) is 0 Å². The molecule has 0 heterocycles. The Morgan fingerprint density at radius 2 is 1.89 bits per heavy atom. The highest BCUT2D eigenvalue weighted by atomic mass is 19.1. The van der Waals surface area contributed by atoms with Crippen molar-refractivity contribution in [3.63, 3.8) is 0 Å². The molecule has 5 heteroatoms. The van der Waals surface area contributed by atoms with Crippen molar-refractivity contribution < 1.29 is 23.8 Å². The highest BCUT2D eigenvalue weighted by molar-refractivity contribution is 5.99. The number of fused-ring (bicyclic) bond motifs is 1. The number of benzene rings is 2. The Morgan fingerprint density at radius 3 is 2.48 bits per heavy atom. The lowest BCUT2D eigenvalue weighted by Gasteiger charge is -2.21. The summed E-state index contributed by atoms with van der Waals surface area (Å²) in [4.78, 5) is 12.5. The monoisotopic (exact) mass is 372 g/mol. The minimum atomic E-state index is -0.980. The summed E-state index contributed by atoms with van der Waals surface area (Å²) in [6, 6.07) is 6.68. The van der Waals surface area contributed by atoms with Gasteiger partial charge in [-0.2, -0.15) is 0 Å². The number of ether oxygens (including phenoxy) is 2. The third kappa shape index (κ3) is 3.32. The lowest BCUT2D eigenvalue weighted by atomic mass is 9.89. The maximum Gasteiger partial charge on any atom is 0.338 e. The molecule has 0 amide bonds. The van der Waals surface area contributed by atoms with E-state index in [1.165, 1.54) is 20.3 Å². The van der Waals surface area contributed by atoms with Crippen molar-refractivity contribution in [3.05, 3.63) is 52.3 Å². The highest BCUT2D eigenvalue weighted by Crippen LogP contribution is 2.43. The summed E-state index contributed by atoms with van der Waals surface area (Å²) in [6.45, 7) is 5.57. The SMILES string of the molecule is COC(=O)c1cc2c(cc1-c1cc(C(C)C)c(F)cc1OC)CCC2(C)O. The van der Waals surface area contributed by atoms with Crippen molar-refractivity contribution in [2.75, 3.05) is 14.2 Å². The van der Waals surface area contributed by atoms with Gasteiger partial charge in [-0.3, -0.25) is 0 Å². The number of halogens is 1. The van der Waals surface area contributed by atoms with E-state index in [9.17, 15) is 14.3 Å². The van der Waals surface area contributed by atoms with Crippen LogP contribution in [-0.4, -0.2) is 25.3 Å². The maximum absolute atomic E-state index is 14.4. The van der Waals surface area contributed by atoms with Crippen LogP contribution in [0.5, 0.6) is 5.75 Å². The van der Waals surface area contributed by atoms with Crippen molar-refractivity contribution in [2.45, 2.75) is 45.1 Å². The van der Waals surface area contributed by atoms with Crippen molar-refractivity contribution in [2.24, 2.45) is 0 Å². The Kier molecular flexibility index (Phi) is 5.00. The Bertz CT molecular complexity index is 900. The first-order valence-electron chi connectivity index (χ1n) is 9.05. The Morgan fingerprint density at radius 1 is 1.19 bits per heavy atom. The van der Waals surface area contributed by atoms with Crippen LogP contribution < -0.4 is 4.74 Å². The van der Waals surface area contributed by atoms with Gasteiger partial charge in [0, 0.05) is 17.2 Å². The molecule has 0 radical (unpaired) electrons. The van der Waals surface area contributed by atoms with Crippen molar-refractivity contribution in [1.29, 1.82) is 0 Å². The summed E-state index contributed by atoms with van der Waals surface area (Å²) in [5, 5.41) is 10.6. The van der Waals surface area contributed by atoms with Crippen LogP contribution in [0.4, 0.5) is 4.39 Å². The first-order valence-corrected chi connectivity index (χ1v) is 9.05. The Labute approximate surface area is 158 Å². The minimum Gasteiger partial charge on any atom is -0.496 e. The summed E-state index contributed by atoms with van der Waals surface area (Å²) < 4.78 is 24.8. The normalized spacial score (nSPS) is 18.5. The van der Waals surface area contributed by atoms with Crippen LogP contribution in [0.3, 0.4) is 0 Å². The molecular formula is C22H25FO4. The molecule has 0 aromatic heterocycles. The molecule has 0 aliphatic heterocycles. The fraction of sp³-hybridized carbons (Fsp3) is 0.409. The van der Waals surface area contributed by atoms with E-state index in [4.69, 9.17) is 9.47 Å². The number of rotatable bonds is 4. The molecule has 0 bridgehead atoms. The summed E-state index contributed by atoms with van der Waals surface area (Å²) in [5.74, 6) is -0.513. The Balaban J connectivity index is 2.31. The number of aliphatic hydroxyl groups is 1. The number of carbonyl (C=O) groups is 1. The summed E-state index contributed by atoms with van der Waals surface area (Å²) in [6.07, 6.45) is 1.29. The van der Waals surface area contributed by atoms with Gasteiger partial charge in [0.25, 0.3) is 0 Å². The molecule has 1 unspecified atom stereocenters. The number of aryl methyl sites for hydroxylation is 1. The standard InChI is InChI=1S/C22H25FO4/c1-12(2)14-9-16(20(26-4)11-19(14)23)15-8-13-6-7-22(3,25)18(13)10-17(15)21(24)27-5/h8-12,25H,6-7H2,1-5H3. The highest BCUT2D eigenvalue weighted by Gasteiger charge is 2.34. The number of methoxy groups -OCH3 is 2. The molecule has 0 fully saturated rings. The molecule has 2 aromatic rings. The number of esters is 1. The van der Waals surface area contributed by atoms with Gasteiger partial charge >= 0.3 is 5.97 Å². The van der Waals surface area contributed by atoms with Crippen LogP contribution in [0.1, 0.15) is 60.2 Å². The molecule has 1 N–H and O–H groups in total. The molecule has 2 aromatic carbocycles. The van der Waals surface area contributed by atoms with E-state index in [1.54, 1.807) is 19.1 Å².